The zero-order valence-electron chi connectivity index (χ0n) is 14.9. The lowest BCUT2D eigenvalue weighted by atomic mass is 10.2. The highest BCUT2D eigenvalue weighted by molar-refractivity contribution is 7.99. The first-order valence-electron chi connectivity index (χ1n) is 8.87. The average Bonchev–Trinajstić information content (AvgIpc) is 3.33. The number of imide groups is 1. The van der Waals surface area contributed by atoms with E-state index in [1.807, 2.05) is 30.3 Å². The summed E-state index contributed by atoms with van der Waals surface area (Å²) in [4.78, 5) is 25.4. The van der Waals surface area contributed by atoms with Crippen LogP contribution in [0.5, 0.6) is 0 Å². The van der Waals surface area contributed by atoms with E-state index in [1.54, 1.807) is 22.8 Å². The number of hydrogen-bond acceptors (Lipinski definition) is 5. The summed E-state index contributed by atoms with van der Waals surface area (Å²) in [5.74, 6) is -0.364. The molecule has 0 unspecified atom stereocenters. The third-order valence-corrected chi connectivity index (χ3v) is 5.38. The maximum atomic E-state index is 14.4. The predicted molar refractivity (Wildman–Crippen MR) is 103 cm³/mol. The summed E-state index contributed by atoms with van der Waals surface area (Å²) in [6.07, 6.45) is 1.11. The van der Waals surface area contributed by atoms with Crippen molar-refractivity contribution in [1.29, 1.82) is 0 Å². The second-order valence-electron chi connectivity index (χ2n) is 6.29. The lowest BCUT2D eigenvalue weighted by Crippen LogP contribution is -2.33. The Morgan fingerprint density at radius 1 is 1.07 bits per heavy atom. The van der Waals surface area contributed by atoms with Crippen LogP contribution in [-0.4, -0.2) is 43.8 Å². The maximum Gasteiger partial charge on any atom is 0.239 e. The smallest absolute Gasteiger partial charge is 0.239 e. The van der Waals surface area contributed by atoms with E-state index < -0.39 is 5.82 Å². The van der Waals surface area contributed by atoms with Crippen molar-refractivity contribution in [1.82, 2.24) is 19.7 Å². The summed E-state index contributed by atoms with van der Waals surface area (Å²) in [6, 6.07) is 15.7. The molecule has 1 saturated heterocycles. The van der Waals surface area contributed by atoms with Gasteiger partial charge in [0.25, 0.3) is 0 Å². The SMILES string of the molecule is O=C1CCCN1C(=O)CSc1nnc(-c2ccccc2F)n1-c1ccccc1. The number of amides is 2. The van der Waals surface area contributed by atoms with Gasteiger partial charge in [-0.3, -0.25) is 19.1 Å². The molecule has 2 aromatic carbocycles. The molecule has 142 valence electrons. The fourth-order valence-corrected chi connectivity index (χ4v) is 3.93. The Morgan fingerprint density at radius 3 is 2.54 bits per heavy atom. The van der Waals surface area contributed by atoms with Gasteiger partial charge in [0, 0.05) is 18.7 Å². The molecule has 2 heterocycles. The molecule has 8 heteroatoms. The van der Waals surface area contributed by atoms with Crippen LogP contribution in [0, 0.1) is 5.82 Å². The molecular formula is C20H17FN4O2S. The third kappa shape index (κ3) is 3.55. The highest BCUT2D eigenvalue weighted by atomic mass is 32.2. The van der Waals surface area contributed by atoms with Crippen LogP contribution in [0.2, 0.25) is 0 Å². The van der Waals surface area contributed by atoms with E-state index in [9.17, 15) is 14.0 Å². The monoisotopic (exact) mass is 396 g/mol. The van der Waals surface area contributed by atoms with Crippen LogP contribution in [0.15, 0.2) is 59.8 Å². The lowest BCUT2D eigenvalue weighted by Gasteiger charge is -2.14. The molecule has 6 nitrogen and oxygen atoms in total. The molecule has 0 bridgehead atoms. The molecule has 3 aromatic rings. The van der Waals surface area contributed by atoms with E-state index in [1.165, 1.54) is 22.7 Å². The van der Waals surface area contributed by atoms with Crippen molar-refractivity contribution < 1.29 is 14.0 Å². The van der Waals surface area contributed by atoms with Gasteiger partial charge >= 0.3 is 0 Å². The summed E-state index contributed by atoms with van der Waals surface area (Å²) in [5.41, 5.74) is 1.09. The van der Waals surface area contributed by atoms with Crippen molar-refractivity contribution in [3.8, 4) is 17.1 Å². The zero-order chi connectivity index (χ0) is 19.5. The predicted octanol–water partition coefficient (Wildman–Crippen LogP) is 3.31. The summed E-state index contributed by atoms with van der Waals surface area (Å²) in [6.45, 7) is 0.462. The van der Waals surface area contributed by atoms with Gasteiger partial charge in [-0.2, -0.15) is 0 Å². The average molecular weight is 396 g/mol. The minimum Gasteiger partial charge on any atom is -0.282 e. The van der Waals surface area contributed by atoms with Gasteiger partial charge in [0.15, 0.2) is 11.0 Å². The zero-order valence-corrected chi connectivity index (χ0v) is 15.7. The van der Waals surface area contributed by atoms with Crippen LogP contribution in [0.3, 0.4) is 0 Å². The Bertz CT molecular complexity index is 1020. The van der Waals surface area contributed by atoms with E-state index >= 15 is 0 Å². The Kier molecular flexibility index (Phi) is 5.21. The maximum absolute atomic E-state index is 14.4. The molecular weight excluding hydrogens is 379 g/mol. The van der Waals surface area contributed by atoms with Crippen molar-refractivity contribution in [2.45, 2.75) is 18.0 Å². The number of aromatic nitrogens is 3. The van der Waals surface area contributed by atoms with Crippen LogP contribution in [0.25, 0.3) is 17.1 Å². The highest BCUT2D eigenvalue weighted by Crippen LogP contribution is 2.29. The molecule has 0 aliphatic carbocycles. The summed E-state index contributed by atoms with van der Waals surface area (Å²) in [5, 5.41) is 8.82. The number of carbonyl (C=O) groups is 2. The first kappa shape index (κ1) is 18.4. The first-order valence-corrected chi connectivity index (χ1v) is 9.85. The quantitative estimate of drug-likeness (QED) is 0.619. The molecule has 0 atom stereocenters. The van der Waals surface area contributed by atoms with Crippen LogP contribution < -0.4 is 0 Å². The van der Waals surface area contributed by atoms with Gasteiger partial charge in [0.05, 0.1) is 11.3 Å². The Balaban J connectivity index is 1.67. The molecule has 1 aromatic heterocycles. The normalized spacial score (nSPS) is 13.9. The van der Waals surface area contributed by atoms with E-state index in [0.29, 0.717) is 35.9 Å². The Hall–Kier alpha value is -3.00. The second kappa shape index (κ2) is 7.93. The highest BCUT2D eigenvalue weighted by Gasteiger charge is 2.27. The van der Waals surface area contributed by atoms with Gasteiger partial charge in [0.1, 0.15) is 5.82 Å². The van der Waals surface area contributed by atoms with Crippen LogP contribution >= 0.6 is 11.8 Å². The van der Waals surface area contributed by atoms with E-state index in [-0.39, 0.29) is 17.6 Å². The topological polar surface area (TPSA) is 68.1 Å². The Labute approximate surface area is 165 Å². The van der Waals surface area contributed by atoms with E-state index in [4.69, 9.17) is 0 Å². The molecule has 1 fully saturated rings. The number of nitrogens with zero attached hydrogens (tertiary/aromatic N) is 4. The fourth-order valence-electron chi connectivity index (χ4n) is 3.11. The second-order valence-corrected chi connectivity index (χ2v) is 7.23. The fraction of sp³-hybridized carbons (Fsp3) is 0.200. The first-order chi connectivity index (χ1) is 13.6. The van der Waals surface area contributed by atoms with Crippen molar-refractivity contribution in [3.63, 3.8) is 0 Å². The van der Waals surface area contributed by atoms with Crippen molar-refractivity contribution in [3.05, 3.63) is 60.4 Å². The van der Waals surface area contributed by atoms with Crippen LogP contribution in [0.4, 0.5) is 4.39 Å². The third-order valence-electron chi connectivity index (χ3n) is 4.46. The molecule has 1 aliphatic heterocycles. The number of para-hydroxylation sites is 1. The van der Waals surface area contributed by atoms with E-state index in [2.05, 4.69) is 10.2 Å². The minimum absolute atomic E-state index is 0.0635. The number of thioether (sulfide) groups is 1. The number of rotatable bonds is 5. The molecule has 2 amide bonds. The number of halogens is 1. The molecule has 28 heavy (non-hydrogen) atoms. The molecule has 0 spiro atoms. The lowest BCUT2D eigenvalue weighted by molar-refractivity contribution is -0.140. The number of likely N-dealkylation sites (tertiary alicyclic amines) is 1. The summed E-state index contributed by atoms with van der Waals surface area (Å²) < 4.78 is 16.1. The number of benzene rings is 2. The van der Waals surface area contributed by atoms with Gasteiger partial charge in [0.2, 0.25) is 11.8 Å². The van der Waals surface area contributed by atoms with Gasteiger partial charge in [-0.05, 0) is 30.7 Å². The van der Waals surface area contributed by atoms with Gasteiger partial charge in [-0.15, -0.1) is 10.2 Å². The molecule has 1 aliphatic rings. The number of carbonyl (C=O) groups excluding carboxylic acids is 2. The van der Waals surface area contributed by atoms with Gasteiger partial charge in [-0.1, -0.05) is 42.1 Å². The van der Waals surface area contributed by atoms with E-state index in [0.717, 1.165) is 5.69 Å². The number of hydrogen-bond donors (Lipinski definition) is 0. The standard InChI is InChI=1S/C20H17FN4O2S/c21-16-10-5-4-9-15(16)19-22-23-20(25(19)14-7-2-1-3-8-14)28-13-18(27)24-12-6-11-17(24)26/h1-5,7-10H,6,11-13H2. The minimum atomic E-state index is -0.401. The van der Waals surface area contributed by atoms with Gasteiger partial charge in [-0.25, -0.2) is 4.39 Å². The largest absolute Gasteiger partial charge is 0.282 e. The van der Waals surface area contributed by atoms with Crippen molar-refractivity contribution in [2.24, 2.45) is 0 Å². The Morgan fingerprint density at radius 2 is 1.82 bits per heavy atom. The van der Waals surface area contributed by atoms with Crippen molar-refractivity contribution >= 4 is 23.6 Å². The van der Waals surface area contributed by atoms with Crippen molar-refractivity contribution in [2.75, 3.05) is 12.3 Å². The summed E-state index contributed by atoms with van der Waals surface area (Å²) in [7, 11) is 0. The van der Waals surface area contributed by atoms with Crippen LogP contribution in [-0.2, 0) is 9.59 Å². The molecule has 0 radical (unpaired) electrons. The van der Waals surface area contributed by atoms with Gasteiger partial charge < -0.3 is 0 Å². The van der Waals surface area contributed by atoms with Crippen LogP contribution in [0.1, 0.15) is 12.8 Å². The molecule has 4 rings (SSSR count). The summed E-state index contributed by atoms with van der Waals surface area (Å²) >= 11 is 1.18. The molecule has 0 N–H and O–H groups in total. The molecule has 0 saturated carbocycles.